The summed E-state index contributed by atoms with van der Waals surface area (Å²) >= 11 is 0. The molecule has 1 unspecified atom stereocenters. The number of hydrogen-bond donors (Lipinski definition) is 1. The van der Waals surface area contributed by atoms with Gasteiger partial charge in [0, 0.05) is 17.7 Å². The first-order valence-corrected chi connectivity index (χ1v) is 6.15. The smallest absolute Gasteiger partial charge is 0.274 e. The van der Waals surface area contributed by atoms with Crippen LogP contribution in [0.25, 0.3) is 0 Å². The molecule has 2 rings (SSSR count). The molecule has 0 heterocycles. The third kappa shape index (κ3) is 3.27. The molecule has 1 aromatic carbocycles. The maximum absolute atomic E-state index is 10.9. The molecule has 1 atom stereocenters. The van der Waals surface area contributed by atoms with Crippen LogP contribution in [0.5, 0.6) is 0 Å². The lowest BCUT2D eigenvalue weighted by Gasteiger charge is -2.14. The van der Waals surface area contributed by atoms with Crippen LogP contribution >= 0.6 is 0 Å². The third-order valence-corrected chi connectivity index (χ3v) is 3.30. The lowest BCUT2D eigenvalue weighted by Crippen LogP contribution is -2.21. The highest BCUT2D eigenvalue weighted by Gasteiger charge is 2.22. The molecule has 0 aliphatic heterocycles. The number of benzene rings is 1. The summed E-state index contributed by atoms with van der Waals surface area (Å²) in [6, 6.07) is 6.98. The topological polar surface area (TPSA) is 55.2 Å². The molecule has 0 aromatic heterocycles. The molecule has 0 bridgehead atoms. The van der Waals surface area contributed by atoms with Gasteiger partial charge in [-0.3, -0.25) is 10.1 Å². The summed E-state index contributed by atoms with van der Waals surface area (Å²) in [6.07, 6.45) is 3.88. The number of para-hydroxylation sites is 1. The predicted octanol–water partition coefficient (Wildman–Crippen LogP) is 3.05. The van der Waals surface area contributed by atoms with E-state index >= 15 is 0 Å². The summed E-state index contributed by atoms with van der Waals surface area (Å²) in [6.45, 7) is 2.92. The Bertz CT molecular complexity index is 402. The van der Waals surface area contributed by atoms with Crippen LogP contribution < -0.4 is 5.32 Å². The van der Waals surface area contributed by atoms with Crippen molar-refractivity contribution in [1.29, 1.82) is 0 Å². The average molecular weight is 234 g/mol. The van der Waals surface area contributed by atoms with Crippen LogP contribution in [0.2, 0.25) is 0 Å². The van der Waals surface area contributed by atoms with E-state index in [1.54, 1.807) is 12.1 Å². The fraction of sp³-hybridized carbons (Fsp3) is 0.538. The molecule has 0 spiro atoms. The second kappa shape index (κ2) is 5.27. The highest BCUT2D eigenvalue weighted by Crippen LogP contribution is 2.32. The van der Waals surface area contributed by atoms with E-state index in [0.717, 1.165) is 18.0 Å². The Morgan fingerprint density at radius 3 is 2.82 bits per heavy atom. The number of rotatable bonds is 6. The van der Waals surface area contributed by atoms with Crippen molar-refractivity contribution in [1.82, 2.24) is 5.32 Å². The van der Waals surface area contributed by atoms with Crippen molar-refractivity contribution in [3.63, 3.8) is 0 Å². The Kier molecular flexibility index (Phi) is 3.74. The molecular formula is C13H18N2O2. The van der Waals surface area contributed by atoms with Gasteiger partial charge in [0.2, 0.25) is 0 Å². The monoisotopic (exact) mass is 234 g/mol. The molecule has 17 heavy (non-hydrogen) atoms. The minimum Gasteiger partial charge on any atom is -0.310 e. The van der Waals surface area contributed by atoms with Crippen molar-refractivity contribution in [2.45, 2.75) is 32.2 Å². The Morgan fingerprint density at radius 1 is 1.47 bits per heavy atom. The third-order valence-electron chi connectivity index (χ3n) is 3.30. The van der Waals surface area contributed by atoms with Crippen molar-refractivity contribution in [3.05, 3.63) is 39.9 Å². The second-order valence-corrected chi connectivity index (χ2v) is 4.72. The standard InChI is InChI=1S/C13H18N2O2/c1-10(14-9-8-11-6-7-11)12-4-2-3-5-13(12)15(16)17/h2-5,10-11,14H,6-9H2,1H3. The van der Waals surface area contributed by atoms with Crippen LogP contribution in [0.1, 0.15) is 37.8 Å². The van der Waals surface area contributed by atoms with Crippen molar-refractivity contribution in [2.75, 3.05) is 6.54 Å². The molecule has 1 aliphatic rings. The van der Waals surface area contributed by atoms with Gasteiger partial charge in [0.25, 0.3) is 5.69 Å². The fourth-order valence-corrected chi connectivity index (χ4v) is 2.04. The molecule has 4 heteroatoms. The van der Waals surface area contributed by atoms with Gasteiger partial charge in [-0.1, -0.05) is 31.0 Å². The summed E-state index contributed by atoms with van der Waals surface area (Å²) in [5.41, 5.74) is 0.979. The van der Waals surface area contributed by atoms with Crippen molar-refractivity contribution < 1.29 is 4.92 Å². The van der Waals surface area contributed by atoms with E-state index in [-0.39, 0.29) is 16.7 Å². The quantitative estimate of drug-likeness (QED) is 0.608. The molecule has 0 radical (unpaired) electrons. The predicted molar refractivity (Wildman–Crippen MR) is 66.9 cm³/mol. The Hall–Kier alpha value is -1.42. The Balaban J connectivity index is 1.96. The summed E-state index contributed by atoms with van der Waals surface area (Å²) in [5.74, 6) is 0.889. The van der Waals surface area contributed by atoms with Gasteiger partial charge in [-0.05, 0) is 25.8 Å². The molecule has 1 N–H and O–H groups in total. The number of nitrogens with zero attached hydrogens (tertiary/aromatic N) is 1. The molecule has 1 saturated carbocycles. The van der Waals surface area contributed by atoms with Crippen molar-refractivity contribution in [3.8, 4) is 0 Å². The minimum absolute atomic E-state index is 0.0374. The van der Waals surface area contributed by atoms with Gasteiger partial charge in [-0.15, -0.1) is 0 Å². The van der Waals surface area contributed by atoms with Gasteiger partial charge >= 0.3 is 0 Å². The molecule has 1 aliphatic carbocycles. The summed E-state index contributed by atoms with van der Waals surface area (Å²) in [5, 5.41) is 14.3. The van der Waals surface area contributed by atoms with E-state index < -0.39 is 0 Å². The normalized spacial score (nSPS) is 16.8. The maximum atomic E-state index is 10.9. The van der Waals surface area contributed by atoms with Crippen LogP contribution in [-0.4, -0.2) is 11.5 Å². The largest absolute Gasteiger partial charge is 0.310 e. The first-order chi connectivity index (χ1) is 8.18. The van der Waals surface area contributed by atoms with Crippen LogP contribution in [0.4, 0.5) is 5.69 Å². The van der Waals surface area contributed by atoms with Crippen LogP contribution in [0, 0.1) is 16.0 Å². The zero-order chi connectivity index (χ0) is 12.3. The van der Waals surface area contributed by atoms with Crippen LogP contribution in [0.3, 0.4) is 0 Å². The van der Waals surface area contributed by atoms with Gasteiger partial charge in [0.15, 0.2) is 0 Å². The molecule has 92 valence electrons. The van der Waals surface area contributed by atoms with Gasteiger partial charge in [0.1, 0.15) is 0 Å². The summed E-state index contributed by atoms with van der Waals surface area (Å²) in [4.78, 5) is 10.6. The van der Waals surface area contributed by atoms with E-state index in [9.17, 15) is 10.1 Å². The number of nitrogens with one attached hydrogen (secondary N) is 1. The SMILES string of the molecule is CC(NCCC1CC1)c1ccccc1[N+](=O)[O-]. The molecule has 1 aromatic rings. The van der Waals surface area contributed by atoms with E-state index in [0.29, 0.717) is 0 Å². The van der Waals surface area contributed by atoms with Crippen molar-refractivity contribution >= 4 is 5.69 Å². The number of nitro groups is 1. The Morgan fingerprint density at radius 2 is 2.18 bits per heavy atom. The maximum Gasteiger partial charge on any atom is 0.274 e. The van der Waals surface area contributed by atoms with Gasteiger partial charge < -0.3 is 5.32 Å². The van der Waals surface area contributed by atoms with Crippen LogP contribution in [-0.2, 0) is 0 Å². The number of nitro benzene ring substituents is 1. The van der Waals surface area contributed by atoms with Gasteiger partial charge in [-0.2, -0.15) is 0 Å². The molecule has 1 fully saturated rings. The zero-order valence-electron chi connectivity index (χ0n) is 10.1. The van der Waals surface area contributed by atoms with E-state index in [4.69, 9.17) is 0 Å². The Labute approximate surface area is 101 Å². The first-order valence-electron chi connectivity index (χ1n) is 6.15. The second-order valence-electron chi connectivity index (χ2n) is 4.72. The van der Waals surface area contributed by atoms with Crippen LogP contribution in [0.15, 0.2) is 24.3 Å². The average Bonchev–Trinajstić information content (AvgIpc) is 3.13. The lowest BCUT2D eigenvalue weighted by molar-refractivity contribution is -0.385. The first kappa shape index (κ1) is 12.0. The van der Waals surface area contributed by atoms with E-state index in [2.05, 4.69) is 5.32 Å². The van der Waals surface area contributed by atoms with Crippen molar-refractivity contribution in [2.24, 2.45) is 5.92 Å². The van der Waals surface area contributed by atoms with E-state index in [1.807, 2.05) is 19.1 Å². The highest BCUT2D eigenvalue weighted by atomic mass is 16.6. The molecule has 0 saturated heterocycles. The summed E-state index contributed by atoms with van der Waals surface area (Å²) < 4.78 is 0. The summed E-state index contributed by atoms with van der Waals surface area (Å²) in [7, 11) is 0. The minimum atomic E-state index is -0.311. The highest BCUT2D eigenvalue weighted by molar-refractivity contribution is 5.41. The zero-order valence-corrected chi connectivity index (χ0v) is 10.1. The lowest BCUT2D eigenvalue weighted by atomic mass is 10.1. The molecule has 4 nitrogen and oxygen atoms in total. The van der Waals surface area contributed by atoms with E-state index in [1.165, 1.54) is 19.3 Å². The van der Waals surface area contributed by atoms with Gasteiger partial charge in [0.05, 0.1) is 4.92 Å². The number of hydrogen-bond acceptors (Lipinski definition) is 3. The molecular weight excluding hydrogens is 216 g/mol. The fourth-order valence-electron chi connectivity index (χ4n) is 2.04. The molecule has 0 amide bonds. The van der Waals surface area contributed by atoms with Gasteiger partial charge in [-0.25, -0.2) is 0 Å².